The maximum atomic E-state index is 3.74. The molecule has 1 aliphatic heterocycles. The van der Waals surface area contributed by atoms with Crippen molar-refractivity contribution in [3.05, 3.63) is 0 Å². The first-order valence-electron chi connectivity index (χ1n) is 9.24. The van der Waals surface area contributed by atoms with Crippen LogP contribution >= 0.6 is 0 Å². The van der Waals surface area contributed by atoms with Crippen molar-refractivity contribution in [3.63, 3.8) is 0 Å². The summed E-state index contributed by atoms with van der Waals surface area (Å²) >= 11 is 0. The highest BCUT2D eigenvalue weighted by atomic mass is 15.2. The fraction of sp³-hybridized carbons (Fsp3) is 1.00. The van der Waals surface area contributed by atoms with E-state index in [9.17, 15) is 0 Å². The lowest BCUT2D eigenvalue weighted by atomic mass is 9.73. The third-order valence-corrected chi connectivity index (χ3v) is 6.20. The number of fused-ring (bicyclic) bond motifs is 1. The fourth-order valence-electron chi connectivity index (χ4n) is 5.16. The molecule has 0 radical (unpaired) electrons. The van der Waals surface area contributed by atoms with Crippen molar-refractivity contribution in [2.24, 2.45) is 17.3 Å². The molecule has 1 N–H and O–H groups in total. The molecule has 3 rings (SSSR count). The Hall–Kier alpha value is -0.0800. The van der Waals surface area contributed by atoms with E-state index in [1.165, 1.54) is 90.5 Å². The highest BCUT2D eigenvalue weighted by Crippen LogP contribution is 2.42. The molecule has 2 atom stereocenters. The number of nitrogens with one attached hydrogen (secondary N) is 1. The summed E-state index contributed by atoms with van der Waals surface area (Å²) in [5.41, 5.74) is 0.603. The van der Waals surface area contributed by atoms with Crippen LogP contribution in [-0.2, 0) is 0 Å². The van der Waals surface area contributed by atoms with Crippen molar-refractivity contribution < 1.29 is 0 Å². The van der Waals surface area contributed by atoms with Crippen molar-refractivity contribution >= 4 is 0 Å². The quantitative estimate of drug-likeness (QED) is 0.746. The first-order valence-corrected chi connectivity index (χ1v) is 9.24. The molecular formula is C18H34N2. The molecule has 2 saturated carbocycles. The maximum absolute atomic E-state index is 3.74. The SMILES string of the molecule is CCCNCC1(CN2CC3CCCC3C2)CCCCC1. The molecule has 1 saturated heterocycles. The Labute approximate surface area is 125 Å². The summed E-state index contributed by atoms with van der Waals surface area (Å²) in [5, 5.41) is 3.74. The van der Waals surface area contributed by atoms with Crippen molar-refractivity contribution in [1.82, 2.24) is 10.2 Å². The van der Waals surface area contributed by atoms with E-state index in [-0.39, 0.29) is 0 Å². The zero-order chi connectivity index (χ0) is 13.8. The van der Waals surface area contributed by atoms with Crippen LogP contribution < -0.4 is 5.32 Å². The molecule has 0 aromatic rings. The highest BCUT2D eigenvalue weighted by molar-refractivity contribution is 4.94. The van der Waals surface area contributed by atoms with Gasteiger partial charge in [0, 0.05) is 26.2 Å². The van der Waals surface area contributed by atoms with E-state index in [1.807, 2.05) is 0 Å². The molecule has 0 spiro atoms. The summed E-state index contributed by atoms with van der Waals surface area (Å²) < 4.78 is 0. The van der Waals surface area contributed by atoms with Crippen LogP contribution in [-0.4, -0.2) is 37.6 Å². The van der Waals surface area contributed by atoms with Crippen LogP contribution in [0.25, 0.3) is 0 Å². The molecule has 0 amide bonds. The van der Waals surface area contributed by atoms with E-state index in [2.05, 4.69) is 17.1 Å². The normalized spacial score (nSPS) is 33.5. The molecular weight excluding hydrogens is 244 g/mol. The van der Waals surface area contributed by atoms with Crippen LogP contribution in [0, 0.1) is 17.3 Å². The smallest absolute Gasteiger partial charge is 0.00504 e. The van der Waals surface area contributed by atoms with Crippen LogP contribution in [0.1, 0.15) is 64.7 Å². The van der Waals surface area contributed by atoms with Gasteiger partial charge in [-0.3, -0.25) is 0 Å². The van der Waals surface area contributed by atoms with E-state index in [4.69, 9.17) is 0 Å². The molecule has 3 aliphatic rings. The van der Waals surface area contributed by atoms with Gasteiger partial charge in [-0.15, -0.1) is 0 Å². The molecule has 2 heteroatoms. The standard InChI is InChI=1S/C18H34N2/c1-2-11-19-14-18(9-4-3-5-10-18)15-20-12-16-7-6-8-17(16)13-20/h16-17,19H,2-15H2,1H3. The summed E-state index contributed by atoms with van der Waals surface area (Å²) in [7, 11) is 0. The van der Waals surface area contributed by atoms with Gasteiger partial charge in [0.25, 0.3) is 0 Å². The minimum atomic E-state index is 0.603. The van der Waals surface area contributed by atoms with Crippen molar-refractivity contribution in [2.75, 3.05) is 32.7 Å². The third-order valence-electron chi connectivity index (χ3n) is 6.20. The van der Waals surface area contributed by atoms with E-state index in [1.54, 1.807) is 0 Å². The summed E-state index contributed by atoms with van der Waals surface area (Å²) in [6, 6.07) is 0. The fourth-order valence-corrected chi connectivity index (χ4v) is 5.16. The topological polar surface area (TPSA) is 15.3 Å². The number of nitrogens with zero attached hydrogens (tertiary/aromatic N) is 1. The van der Waals surface area contributed by atoms with Gasteiger partial charge in [-0.25, -0.2) is 0 Å². The number of hydrogen-bond acceptors (Lipinski definition) is 2. The minimum Gasteiger partial charge on any atom is -0.316 e. The summed E-state index contributed by atoms with van der Waals surface area (Å²) in [4.78, 5) is 2.84. The molecule has 3 fully saturated rings. The van der Waals surface area contributed by atoms with E-state index >= 15 is 0 Å². The van der Waals surface area contributed by atoms with E-state index < -0.39 is 0 Å². The average Bonchev–Trinajstić information content (AvgIpc) is 3.01. The minimum absolute atomic E-state index is 0.603. The van der Waals surface area contributed by atoms with Gasteiger partial charge in [0.2, 0.25) is 0 Å². The number of likely N-dealkylation sites (tertiary alicyclic amines) is 1. The van der Waals surface area contributed by atoms with Gasteiger partial charge in [-0.1, -0.05) is 32.6 Å². The Bertz CT molecular complexity index is 284. The zero-order valence-electron chi connectivity index (χ0n) is 13.5. The molecule has 20 heavy (non-hydrogen) atoms. The highest BCUT2D eigenvalue weighted by Gasteiger charge is 2.40. The van der Waals surface area contributed by atoms with Crippen LogP contribution in [0.2, 0.25) is 0 Å². The van der Waals surface area contributed by atoms with E-state index in [0.29, 0.717) is 5.41 Å². The molecule has 2 unspecified atom stereocenters. The van der Waals surface area contributed by atoms with Gasteiger partial charge in [0.05, 0.1) is 0 Å². The average molecular weight is 278 g/mol. The Morgan fingerprint density at radius 2 is 1.70 bits per heavy atom. The molecule has 0 aromatic heterocycles. The largest absolute Gasteiger partial charge is 0.316 e. The van der Waals surface area contributed by atoms with Crippen LogP contribution in [0.5, 0.6) is 0 Å². The lowest BCUT2D eigenvalue weighted by Gasteiger charge is -2.41. The summed E-state index contributed by atoms with van der Waals surface area (Å²) in [6.45, 7) is 8.97. The third kappa shape index (κ3) is 3.39. The van der Waals surface area contributed by atoms with Crippen LogP contribution in [0.4, 0.5) is 0 Å². The van der Waals surface area contributed by atoms with Gasteiger partial charge >= 0.3 is 0 Å². The predicted octanol–water partition coefficient (Wildman–Crippen LogP) is 3.67. The van der Waals surface area contributed by atoms with Crippen LogP contribution in [0.3, 0.4) is 0 Å². The second-order valence-electron chi connectivity index (χ2n) is 7.88. The maximum Gasteiger partial charge on any atom is 0.00504 e. The molecule has 2 nitrogen and oxygen atoms in total. The summed E-state index contributed by atoms with van der Waals surface area (Å²) in [6.07, 6.45) is 13.1. The molecule has 0 bridgehead atoms. The first kappa shape index (κ1) is 14.8. The first-order chi connectivity index (χ1) is 9.81. The van der Waals surface area contributed by atoms with Gasteiger partial charge < -0.3 is 10.2 Å². The molecule has 2 aliphatic carbocycles. The van der Waals surface area contributed by atoms with Crippen molar-refractivity contribution in [3.8, 4) is 0 Å². The zero-order valence-corrected chi connectivity index (χ0v) is 13.5. The van der Waals surface area contributed by atoms with Gasteiger partial charge in [-0.2, -0.15) is 0 Å². The van der Waals surface area contributed by atoms with E-state index in [0.717, 1.165) is 11.8 Å². The monoisotopic (exact) mass is 278 g/mol. The van der Waals surface area contributed by atoms with Crippen molar-refractivity contribution in [1.29, 1.82) is 0 Å². The van der Waals surface area contributed by atoms with Crippen LogP contribution in [0.15, 0.2) is 0 Å². The predicted molar refractivity (Wildman–Crippen MR) is 85.9 cm³/mol. The summed E-state index contributed by atoms with van der Waals surface area (Å²) in [5.74, 6) is 2.11. The van der Waals surface area contributed by atoms with Gasteiger partial charge in [-0.05, 0) is 55.9 Å². The second-order valence-corrected chi connectivity index (χ2v) is 7.88. The molecule has 0 aromatic carbocycles. The number of hydrogen-bond donors (Lipinski definition) is 1. The molecule has 116 valence electrons. The van der Waals surface area contributed by atoms with Crippen molar-refractivity contribution in [2.45, 2.75) is 64.7 Å². The Balaban J connectivity index is 1.55. The Kier molecular flexibility index (Phi) is 5.04. The lowest BCUT2D eigenvalue weighted by Crippen LogP contribution is -2.45. The molecule has 1 heterocycles. The Morgan fingerprint density at radius 3 is 2.35 bits per heavy atom. The number of rotatable bonds is 6. The Morgan fingerprint density at radius 1 is 1.00 bits per heavy atom. The second kappa shape index (κ2) is 6.79. The lowest BCUT2D eigenvalue weighted by molar-refractivity contribution is 0.112. The van der Waals surface area contributed by atoms with Gasteiger partial charge in [0.1, 0.15) is 0 Å². The van der Waals surface area contributed by atoms with Gasteiger partial charge in [0.15, 0.2) is 0 Å².